The van der Waals surface area contributed by atoms with Crippen LogP contribution >= 0.6 is 24.0 Å². The maximum atomic E-state index is 12.7. The van der Waals surface area contributed by atoms with Crippen LogP contribution in [0.4, 0.5) is 17.1 Å². The molecule has 0 radical (unpaired) electrons. The highest BCUT2D eigenvalue weighted by Gasteiger charge is 2.16. The summed E-state index contributed by atoms with van der Waals surface area (Å²) in [6.45, 7) is 7.42. The van der Waals surface area contributed by atoms with Crippen molar-refractivity contribution >= 4 is 57.8 Å². The van der Waals surface area contributed by atoms with E-state index in [1.807, 2.05) is 75.4 Å². The molecule has 0 aliphatic rings. The minimum atomic E-state index is -0.273. The smallest absolute Gasteiger partial charge is 0.237 e. The van der Waals surface area contributed by atoms with Gasteiger partial charge in [-0.3, -0.25) is 9.59 Å². The minimum Gasteiger partial charge on any atom is -0.332 e. The molecule has 0 bridgehead atoms. The minimum absolute atomic E-state index is 0.0218. The SMILES string of the molecule is CC(=O)c1ccc(NC(=S)Nc2cccc(SC(C)C(=O)Nc3cc(C)ccc3C)c2)cc1. The third kappa shape index (κ3) is 7.17. The number of hydrogen-bond acceptors (Lipinski definition) is 4. The van der Waals surface area contributed by atoms with Gasteiger partial charge in [-0.2, -0.15) is 0 Å². The molecule has 0 spiro atoms. The third-order valence-corrected chi connectivity index (χ3v) is 6.27. The van der Waals surface area contributed by atoms with E-state index in [9.17, 15) is 9.59 Å². The van der Waals surface area contributed by atoms with Crippen LogP contribution in [-0.4, -0.2) is 22.1 Å². The molecule has 3 rings (SSSR count). The number of ketones is 1. The Balaban J connectivity index is 1.58. The average Bonchev–Trinajstić information content (AvgIpc) is 2.76. The normalized spacial score (nSPS) is 11.4. The van der Waals surface area contributed by atoms with Crippen molar-refractivity contribution in [3.05, 3.63) is 83.4 Å². The second-order valence-corrected chi connectivity index (χ2v) is 9.63. The zero-order valence-electron chi connectivity index (χ0n) is 19.1. The molecule has 3 N–H and O–H groups in total. The lowest BCUT2D eigenvalue weighted by Gasteiger charge is -2.15. The van der Waals surface area contributed by atoms with Crippen LogP contribution in [-0.2, 0) is 4.79 Å². The number of amides is 1. The second kappa shape index (κ2) is 11.1. The maximum Gasteiger partial charge on any atom is 0.237 e. The molecule has 0 aliphatic heterocycles. The van der Waals surface area contributed by atoms with E-state index in [-0.39, 0.29) is 16.9 Å². The summed E-state index contributed by atoms with van der Waals surface area (Å²) < 4.78 is 0. The zero-order valence-corrected chi connectivity index (χ0v) is 20.7. The Hall–Kier alpha value is -3.16. The molecule has 1 atom stereocenters. The number of hydrogen-bond donors (Lipinski definition) is 3. The molecule has 1 unspecified atom stereocenters. The Labute approximate surface area is 204 Å². The van der Waals surface area contributed by atoms with Gasteiger partial charge in [0.15, 0.2) is 10.9 Å². The molecule has 1 amide bonds. The lowest BCUT2D eigenvalue weighted by molar-refractivity contribution is -0.115. The number of carbonyl (C=O) groups is 2. The molecule has 7 heteroatoms. The van der Waals surface area contributed by atoms with Crippen LogP contribution in [0, 0.1) is 13.8 Å². The maximum absolute atomic E-state index is 12.7. The van der Waals surface area contributed by atoms with Crippen molar-refractivity contribution in [2.45, 2.75) is 37.8 Å². The number of benzene rings is 3. The van der Waals surface area contributed by atoms with Crippen LogP contribution in [0.3, 0.4) is 0 Å². The summed E-state index contributed by atoms with van der Waals surface area (Å²) in [4.78, 5) is 25.1. The molecule has 170 valence electrons. The molecule has 0 saturated carbocycles. The Bertz CT molecular complexity index is 1180. The lowest BCUT2D eigenvalue weighted by atomic mass is 10.1. The van der Waals surface area contributed by atoms with Crippen LogP contribution in [0.2, 0.25) is 0 Å². The number of rotatable bonds is 7. The average molecular weight is 478 g/mol. The highest BCUT2D eigenvalue weighted by Crippen LogP contribution is 2.27. The van der Waals surface area contributed by atoms with Gasteiger partial charge in [-0.25, -0.2) is 0 Å². The first-order chi connectivity index (χ1) is 15.7. The van der Waals surface area contributed by atoms with Crippen molar-refractivity contribution in [1.29, 1.82) is 0 Å². The number of carbonyl (C=O) groups excluding carboxylic acids is 2. The van der Waals surface area contributed by atoms with Crippen LogP contribution in [0.5, 0.6) is 0 Å². The highest BCUT2D eigenvalue weighted by molar-refractivity contribution is 8.00. The van der Waals surface area contributed by atoms with Crippen LogP contribution in [0.15, 0.2) is 71.6 Å². The van der Waals surface area contributed by atoms with Crippen LogP contribution < -0.4 is 16.0 Å². The van der Waals surface area contributed by atoms with Crippen molar-refractivity contribution in [3.8, 4) is 0 Å². The summed E-state index contributed by atoms with van der Waals surface area (Å²) in [5, 5.41) is 9.47. The van der Waals surface area contributed by atoms with E-state index in [0.717, 1.165) is 33.1 Å². The monoisotopic (exact) mass is 477 g/mol. The zero-order chi connectivity index (χ0) is 24.0. The molecule has 0 aliphatic carbocycles. The van der Waals surface area contributed by atoms with Gasteiger partial charge in [0, 0.05) is 27.5 Å². The fourth-order valence-electron chi connectivity index (χ4n) is 3.09. The molecule has 33 heavy (non-hydrogen) atoms. The fraction of sp³-hybridized carbons (Fsp3) is 0.192. The molecule has 5 nitrogen and oxygen atoms in total. The largest absolute Gasteiger partial charge is 0.332 e. The van der Waals surface area contributed by atoms with Gasteiger partial charge in [0.1, 0.15) is 0 Å². The molecule has 0 fully saturated rings. The van der Waals surface area contributed by atoms with Gasteiger partial charge in [0.05, 0.1) is 5.25 Å². The number of thioether (sulfide) groups is 1. The van der Waals surface area contributed by atoms with Crippen LogP contribution in [0.1, 0.15) is 35.3 Å². The Morgan fingerprint density at radius 3 is 2.27 bits per heavy atom. The third-order valence-electron chi connectivity index (χ3n) is 4.97. The molecule has 0 heterocycles. The first-order valence-electron chi connectivity index (χ1n) is 10.5. The molecular weight excluding hydrogens is 450 g/mol. The second-order valence-electron chi connectivity index (χ2n) is 7.81. The van der Waals surface area contributed by atoms with Crippen molar-refractivity contribution in [2.75, 3.05) is 16.0 Å². The van der Waals surface area contributed by atoms with Gasteiger partial charge in [-0.1, -0.05) is 18.2 Å². The van der Waals surface area contributed by atoms with E-state index >= 15 is 0 Å². The summed E-state index contributed by atoms with van der Waals surface area (Å²) in [6.07, 6.45) is 0. The van der Waals surface area contributed by atoms with E-state index in [2.05, 4.69) is 16.0 Å². The number of nitrogens with one attached hydrogen (secondary N) is 3. The van der Waals surface area contributed by atoms with Gasteiger partial charge in [-0.15, -0.1) is 11.8 Å². The topological polar surface area (TPSA) is 70.2 Å². The first-order valence-corrected chi connectivity index (χ1v) is 11.8. The number of anilines is 3. The number of aryl methyl sites for hydroxylation is 2. The Morgan fingerprint density at radius 2 is 1.58 bits per heavy atom. The molecular formula is C26H27N3O2S2. The lowest BCUT2D eigenvalue weighted by Crippen LogP contribution is -2.23. The summed E-state index contributed by atoms with van der Waals surface area (Å²) in [7, 11) is 0. The van der Waals surface area contributed by atoms with E-state index in [0.29, 0.717) is 10.7 Å². The standard InChI is InChI=1S/C26H27N3O2S2/c1-16-8-9-17(2)24(14-16)29-25(31)19(4)33-23-7-5-6-22(15-23)28-26(32)27-21-12-10-20(11-13-21)18(3)30/h5-15,19H,1-4H3,(H,29,31)(H2,27,28,32). The number of thiocarbonyl (C=S) groups is 1. The fourth-order valence-corrected chi connectivity index (χ4v) is 4.25. The van der Waals surface area contributed by atoms with Gasteiger partial charge in [-0.05, 0) is 99.6 Å². The predicted octanol–water partition coefficient (Wildman–Crippen LogP) is 6.43. The van der Waals surface area contributed by atoms with Crippen molar-refractivity contribution in [1.82, 2.24) is 0 Å². The van der Waals surface area contributed by atoms with Crippen molar-refractivity contribution in [3.63, 3.8) is 0 Å². The molecule has 3 aromatic carbocycles. The van der Waals surface area contributed by atoms with E-state index in [4.69, 9.17) is 12.2 Å². The van der Waals surface area contributed by atoms with Crippen molar-refractivity contribution < 1.29 is 9.59 Å². The Morgan fingerprint density at radius 1 is 0.879 bits per heavy atom. The van der Waals surface area contributed by atoms with E-state index in [1.54, 1.807) is 12.1 Å². The van der Waals surface area contributed by atoms with Gasteiger partial charge in [0.2, 0.25) is 5.91 Å². The summed E-state index contributed by atoms with van der Waals surface area (Å²) in [5.41, 5.74) is 5.25. The summed E-state index contributed by atoms with van der Waals surface area (Å²) >= 11 is 6.89. The Kier molecular flexibility index (Phi) is 8.25. The van der Waals surface area contributed by atoms with Gasteiger partial charge >= 0.3 is 0 Å². The summed E-state index contributed by atoms with van der Waals surface area (Å²) in [5.74, 6) is -0.0215. The predicted molar refractivity (Wildman–Crippen MR) is 143 cm³/mol. The van der Waals surface area contributed by atoms with Crippen molar-refractivity contribution in [2.24, 2.45) is 0 Å². The molecule has 3 aromatic rings. The van der Waals surface area contributed by atoms with E-state index < -0.39 is 0 Å². The van der Waals surface area contributed by atoms with Gasteiger partial charge < -0.3 is 16.0 Å². The molecule has 0 saturated heterocycles. The number of Topliss-reactive ketones (excluding diaryl/α,β-unsaturated/α-hetero) is 1. The molecule has 0 aromatic heterocycles. The van der Waals surface area contributed by atoms with Gasteiger partial charge in [0.25, 0.3) is 0 Å². The van der Waals surface area contributed by atoms with Crippen LogP contribution in [0.25, 0.3) is 0 Å². The quantitative estimate of drug-likeness (QED) is 0.207. The highest BCUT2D eigenvalue weighted by atomic mass is 32.2. The first kappa shape index (κ1) is 24.5. The van der Waals surface area contributed by atoms with E-state index in [1.165, 1.54) is 18.7 Å². The summed E-state index contributed by atoms with van der Waals surface area (Å²) in [6, 6.07) is 20.9.